The zero-order valence-electron chi connectivity index (χ0n) is 11.3. The summed E-state index contributed by atoms with van der Waals surface area (Å²) < 4.78 is 11.6. The Bertz CT molecular complexity index is 397. The van der Waals surface area contributed by atoms with Gasteiger partial charge in [0.25, 0.3) is 0 Å². The highest BCUT2D eigenvalue weighted by molar-refractivity contribution is 9.10. The molecule has 1 atom stereocenters. The second-order valence-corrected chi connectivity index (χ2v) is 5.55. The van der Waals surface area contributed by atoms with Crippen LogP contribution in [0.1, 0.15) is 19.4 Å². The van der Waals surface area contributed by atoms with E-state index in [0.717, 1.165) is 22.2 Å². The summed E-state index contributed by atoms with van der Waals surface area (Å²) >= 11 is 3.48. The van der Waals surface area contributed by atoms with Crippen LogP contribution in [0.4, 0.5) is 0 Å². The van der Waals surface area contributed by atoms with Crippen molar-refractivity contribution in [2.24, 2.45) is 5.84 Å². The average Bonchev–Trinajstić information content (AvgIpc) is 2.35. The summed E-state index contributed by atoms with van der Waals surface area (Å²) in [5, 5.41) is 0. The molecule has 1 aromatic carbocycles. The molecule has 0 fully saturated rings. The number of hydrogen-bond donors (Lipinski definition) is 2. The highest BCUT2D eigenvalue weighted by Crippen LogP contribution is 2.27. The SMILES string of the molecule is COc1ccc(CC(NN)C(C)(C)OC)cc1Br. The molecule has 1 aromatic rings. The van der Waals surface area contributed by atoms with Gasteiger partial charge in [-0.2, -0.15) is 0 Å². The molecular weight excluding hydrogens is 296 g/mol. The number of nitrogens with two attached hydrogens (primary N) is 1. The van der Waals surface area contributed by atoms with Gasteiger partial charge in [-0.05, 0) is 53.9 Å². The van der Waals surface area contributed by atoms with Crippen LogP contribution >= 0.6 is 15.9 Å². The maximum Gasteiger partial charge on any atom is 0.133 e. The van der Waals surface area contributed by atoms with Gasteiger partial charge in [-0.25, -0.2) is 0 Å². The summed E-state index contributed by atoms with van der Waals surface area (Å²) in [5.74, 6) is 6.43. The predicted octanol–water partition coefficient (Wildman–Crippen LogP) is 2.26. The van der Waals surface area contributed by atoms with Crippen LogP contribution in [0.15, 0.2) is 22.7 Å². The normalized spacial score (nSPS) is 13.4. The van der Waals surface area contributed by atoms with Crippen LogP contribution < -0.4 is 16.0 Å². The summed E-state index contributed by atoms with van der Waals surface area (Å²) in [6, 6.07) is 6.03. The molecule has 0 bridgehead atoms. The lowest BCUT2D eigenvalue weighted by Crippen LogP contribution is -2.52. The summed E-state index contributed by atoms with van der Waals surface area (Å²) in [6.45, 7) is 4.02. The van der Waals surface area contributed by atoms with E-state index in [9.17, 15) is 0 Å². The summed E-state index contributed by atoms with van der Waals surface area (Å²) in [6.07, 6.45) is 0.778. The van der Waals surface area contributed by atoms with Gasteiger partial charge in [0.05, 0.1) is 23.2 Å². The van der Waals surface area contributed by atoms with Crippen molar-refractivity contribution in [1.29, 1.82) is 0 Å². The molecule has 1 rings (SSSR count). The van der Waals surface area contributed by atoms with Crippen molar-refractivity contribution in [1.82, 2.24) is 5.43 Å². The number of methoxy groups -OCH3 is 2. The summed E-state index contributed by atoms with van der Waals surface area (Å²) in [7, 11) is 3.34. The Morgan fingerprint density at radius 1 is 1.39 bits per heavy atom. The minimum absolute atomic E-state index is 0.0304. The van der Waals surface area contributed by atoms with Crippen molar-refractivity contribution >= 4 is 15.9 Å². The van der Waals surface area contributed by atoms with Crippen LogP contribution in [0, 0.1) is 0 Å². The molecule has 0 aromatic heterocycles. The number of rotatable bonds is 6. The average molecular weight is 317 g/mol. The van der Waals surface area contributed by atoms with E-state index in [-0.39, 0.29) is 11.6 Å². The molecule has 5 heteroatoms. The van der Waals surface area contributed by atoms with Crippen LogP contribution in [0.2, 0.25) is 0 Å². The first kappa shape index (κ1) is 15.4. The molecule has 4 nitrogen and oxygen atoms in total. The van der Waals surface area contributed by atoms with Gasteiger partial charge in [0, 0.05) is 7.11 Å². The molecule has 0 aliphatic heterocycles. The second kappa shape index (κ2) is 6.52. The van der Waals surface area contributed by atoms with E-state index in [4.69, 9.17) is 15.3 Å². The largest absolute Gasteiger partial charge is 0.496 e. The number of halogens is 1. The monoisotopic (exact) mass is 316 g/mol. The fourth-order valence-electron chi connectivity index (χ4n) is 1.72. The van der Waals surface area contributed by atoms with E-state index < -0.39 is 0 Å². The Balaban J connectivity index is 2.86. The molecule has 0 heterocycles. The zero-order valence-corrected chi connectivity index (χ0v) is 12.9. The first-order valence-electron chi connectivity index (χ1n) is 5.78. The third-order valence-corrected chi connectivity index (χ3v) is 3.84. The summed E-state index contributed by atoms with van der Waals surface area (Å²) in [4.78, 5) is 0. The Hall–Kier alpha value is -0.620. The van der Waals surface area contributed by atoms with Gasteiger partial charge < -0.3 is 9.47 Å². The fourth-order valence-corrected chi connectivity index (χ4v) is 2.31. The minimum Gasteiger partial charge on any atom is -0.496 e. The molecular formula is C13H21BrN2O2. The number of ether oxygens (including phenoxy) is 2. The van der Waals surface area contributed by atoms with E-state index in [2.05, 4.69) is 21.4 Å². The Labute approximate surface area is 117 Å². The van der Waals surface area contributed by atoms with E-state index in [0.29, 0.717) is 0 Å². The topological polar surface area (TPSA) is 56.5 Å². The first-order valence-corrected chi connectivity index (χ1v) is 6.57. The highest BCUT2D eigenvalue weighted by Gasteiger charge is 2.28. The van der Waals surface area contributed by atoms with Crippen LogP contribution in [0.25, 0.3) is 0 Å². The van der Waals surface area contributed by atoms with Gasteiger partial charge in [0.2, 0.25) is 0 Å². The van der Waals surface area contributed by atoms with Gasteiger partial charge in [-0.3, -0.25) is 11.3 Å². The van der Waals surface area contributed by atoms with Gasteiger partial charge >= 0.3 is 0 Å². The molecule has 0 aliphatic rings. The molecule has 0 saturated carbocycles. The number of nitrogens with one attached hydrogen (secondary N) is 1. The Morgan fingerprint density at radius 3 is 2.50 bits per heavy atom. The van der Waals surface area contributed by atoms with Crippen molar-refractivity contribution in [2.75, 3.05) is 14.2 Å². The minimum atomic E-state index is -0.332. The molecule has 3 N–H and O–H groups in total. The van der Waals surface area contributed by atoms with Gasteiger partial charge in [-0.15, -0.1) is 0 Å². The quantitative estimate of drug-likeness (QED) is 0.624. The Morgan fingerprint density at radius 2 is 2.06 bits per heavy atom. The number of hydrogen-bond acceptors (Lipinski definition) is 4. The maximum atomic E-state index is 5.61. The molecule has 0 spiro atoms. The zero-order chi connectivity index (χ0) is 13.8. The first-order chi connectivity index (χ1) is 8.44. The van der Waals surface area contributed by atoms with Crippen molar-refractivity contribution in [2.45, 2.75) is 31.9 Å². The molecule has 1 unspecified atom stereocenters. The van der Waals surface area contributed by atoms with Crippen LogP contribution in [0.5, 0.6) is 5.75 Å². The lowest BCUT2D eigenvalue weighted by atomic mass is 9.92. The van der Waals surface area contributed by atoms with E-state index >= 15 is 0 Å². The van der Waals surface area contributed by atoms with Crippen LogP contribution in [-0.4, -0.2) is 25.9 Å². The third kappa shape index (κ3) is 3.68. The number of benzene rings is 1. The fraction of sp³-hybridized carbons (Fsp3) is 0.538. The van der Waals surface area contributed by atoms with E-state index in [1.807, 2.05) is 32.0 Å². The molecule has 0 radical (unpaired) electrons. The van der Waals surface area contributed by atoms with Crippen LogP contribution in [-0.2, 0) is 11.2 Å². The number of hydrazine groups is 1. The van der Waals surface area contributed by atoms with Gasteiger partial charge in [0.1, 0.15) is 5.75 Å². The third-order valence-electron chi connectivity index (χ3n) is 3.22. The van der Waals surface area contributed by atoms with Gasteiger partial charge in [-0.1, -0.05) is 6.07 Å². The highest BCUT2D eigenvalue weighted by atomic mass is 79.9. The smallest absolute Gasteiger partial charge is 0.133 e. The maximum absolute atomic E-state index is 5.61. The van der Waals surface area contributed by atoms with Crippen molar-refractivity contribution < 1.29 is 9.47 Å². The molecule has 0 amide bonds. The Kier molecular flexibility index (Phi) is 5.59. The van der Waals surface area contributed by atoms with Crippen LogP contribution in [0.3, 0.4) is 0 Å². The molecule has 0 saturated heterocycles. The standard InChI is InChI=1S/C13H21BrN2O2/c1-13(2,18-4)12(16-15)8-9-5-6-11(17-3)10(14)7-9/h5-7,12,16H,8,15H2,1-4H3. The van der Waals surface area contributed by atoms with Crippen molar-refractivity contribution in [3.05, 3.63) is 28.2 Å². The van der Waals surface area contributed by atoms with Gasteiger partial charge in [0.15, 0.2) is 0 Å². The van der Waals surface area contributed by atoms with Crippen molar-refractivity contribution in [3.8, 4) is 5.75 Å². The second-order valence-electron chi connectivity index (χ2n) is 4.70. The molecule has 18 heavy (non-hydrogen) atoms. The summed E-state index contributed by atoms with van der Waals surface area (Å²) in [5.41, 5.74) is 3.65. The molecule has 102 valence electrons. The lowest BCUT2D eigenvalue weighted by molar-refractivity contribution is -0.0101. The molecule has 0 aliphatic carbocycles. The van der Waals surface area contributed by atoms with E-state index in [1.54, 1.807) is 14.2 Å². The predicted molar refractivity (Wildman–Crippen MR) is 76.6 cm³/mol. The van der Waals surface area contributed by atoms with Crippen molar-refractivity contribution in [3.63, 3.8) is 0 Å². The lowest BCUT2D eigenvalue weighted by Gasteiger charge is -2.32. The van der Waals surface area contributed by atoms with E-state index in [1.165, 1.54) is 0 Å².